The molecule has 0 saturated heterocycles. The molecule has 7 heteroatoms. The molecule has 0 spiro atoms. The van der Waals surface area contributed by atoms with Crippen LogP contribution in [0.1, 0.15) is 48.0 Å². The van der Waals surface area contributed by atoms with Gasteiger partial charge in [-0.2, -0.15) is 0 Å². The van der Waals surface area contributed by atoms with Crippen LogP contribution in [0.25, 0.3) is 11.3 Å². The van der Waals surface area contributed by atoms with E-state index in [-0.39, 0.29) is 11.8 Å². The van der Waals surface area contributed by atoms with Crippen LogP contribution in [-0.4, -0.2) is 34.6 Å². The number of nitrogens with one attached hydrogen (secondary N) is 1. The fourth-order valence-electron chi connectivity index (χ4n) is 3.61. The summed E-state index contributed by atoms with van der Waals surface area (Å²) in [7, 11) is 0. The van der Waals surface area contributed by atoms with Crippen LogP contribution in [0.15, 0.2) is 54.6 Å². The van der Waals surface area contributed by atoms with Crippen LogP contribution >= 0.6 is 11.3 Å². The largest absolute Gasteiger partial charge is 0.480 e. The third-order valence-corrected chi connectivity index (χ3v) is 6.42. The van der Waals surface area contributed by atoms with E-state index in [4.69, 9.17) is 4.98 Å². The zero-order valence-electron chi connectivity index (χ0n) is 19.5. The number of carboxylic acids is 1. The molecular weight excluding hydrogens is 434 g/mol. The van der Waals surface area contributed by atoms with Crippen LogP contribution in [0.5, 0.6) is 0 Å². The van der Waals surface area contributed by atoms with Crippen molar-refractivity contribution >= 4 is 28.3 Å². The SMILES string of the molecule is CCN(Cc1ccc(C(=O)NC(CC(C)C)C(=O)O)cc1)c1nc(-c2ccccc2)c(C)s1. The highest BCUT2D eigenvalue weighted by Crippen LogP contribution is 2.33. The van der Waals surface area contributed by atoms with Gasteiger partial charge in [0, 0.05) is 29.1 Å². The van der Waals surface area contributed by atoms with Crippen LogP contribution < -0.4 is 10.2 Å². The van der Waals surface area contributed by atoms with Crippen molar-refractivity contribution < 1.29 is 14.7 Å². The van der Waals surface area contributed by atoms with E-state index < -0.39 is 12.0 Å². The van der Waals surface area contributed by atoms with Gasteiger partial charge in [-0.25, -0.2) is 9.78 Å². The van der Waals surface area contributed by atoms with Crippen molar-refractivity contribution in [2.45, 2.75) is 46.7 Å². The Balaban J connectivity index is 1.69. The van der Waals surface area contributed by atoms with Crippen molar-refractivity contribution in [2.24, 2.45) is 5.92 Å². The Morgan fingerprint density at radius 1 is 1.09 bits per heavy atom. The first-order valence-corrected chi connectivity index (χ1v) is 12.0. The normalized spacial score (nSPS) is 11.9. The maximum Gasteiger partial charge on any atom is 0.326 e. The summed E-state index contributed by atoms with van der Waals surface area (Å²) < 4.78 is 0. The molecule has 0 aliphatic rings. The van der Waals surface area contributed by atoms with E-state index in [0.717, 1.165) is 28.5 Å². The molecule has 3 rings (SSSR count). The number of aryl methyl sites for hydroxylation is 1. The lowest BCUT2D eigenvalue weighted by Gasteiger charge is -2.20. The first-order chi connectivity index (χ1) is 15.8. The first-order valence-electron chi connectivity index (χ1n) is 11.2. The van der Waals surface area contributed by atoms with Crippen LogP contribution in [0.2, 0.25) is 0 Å². The molecular formula is C26H31N3O3S. The predicted molar refractivity (Wildman–Crippen MR) is 134 cm³/mol. The number of amides is 1. The van der Waals surface area contributed by atoms with E-state index in [1.54, 1.807) is 23.5 Å². The summed E-state index contributed by atoms with van der Waals surface area (Å²) in [6.07, 6.45) is 0.392. The summed E-state index contributed by atoms with van der Waals surface area (Å²) in [5.41, 5.74) is 3.63. The number of thiazole rings is 1. The molecule has 33 heavy (non-hydrogen) atoms. The van der Waals surface area contributed by atoms with Crippen LogP contribution in [0, 0.1) is 12.8 Å². The highest BCUT2D eigenvalue weighted by Gasteiger charge is 2.22. The number of anilines is 1. The standard InChI is InChI=1S/C26H31N3O3S/c1-5-29(26-28-23(18(4)33-26)20-9-7-6-8-10-20)16-19-11-13-21(14-12-19)24(30)27-22(25(31)32)15-17(2)3/h6-14,17,22H,5,15-16H2,1-4H3,(H,27,30)(H,31,32). The second-order valence-corrected chi connectivity index (χ2v) is 9.65. The topological polar surface area (TPSA) is 82.5 Å². The molecule has 1 aromatic heterocycles. The predicted octanol–water partition coefficient (Wildman–Crippen LogP) is 5.37. The highest BCUT2D eigenvalue weighted by atomic mass is 32.1. The van der Waals surface area contributed by atoms with Crippen LogP contribution in [0.3, 0.4) is 0 Å². The minimum Gasteiger partial charge on any atom is -0.480 e. The molecule has 0 aliphatic heterocycles. The van der Waals surface area contributed by atoms with Crippen LogP contribution in [0.4, 0.5) is 5.13 Å². The van der Waals surface area contributed by atoms with E-state index in [1.807, 2.05) is 44.2 Å². The molecule has 1 atom stereocenters. The van der Waals surface area contributed by atoms with Gasteiger partial charge in [-0.15, -0.1) is 11.3 Å². The monoisotopic (exact) mass is 465 g/mol. The van der Waals surface area contributed by atoms with Crippen molar-refractivity contribution in [2.75, 3.05) is 11.4 Å². The summed E-state index contributed by atoms with van der Waals surface area (Å²) in [5.74, 6) is -1.21. The quantitative estimate of drug-likeness (QED) is 0.420. The summed E-state index contributed by atoms with van der Waals surface area (Å²) in [5, 5.41) is 13.0. The molecule has 0 bridgehead atoms. The van der Waals surface area contributed by atoms with Gasteiger partial charge in [-0.3, -0.25) is 4.79 Å². The first kappa shape index (κ1) is 24.5. The molecule has 2 N–H and O–H groups in total. The second-order valence-electron chi connectivity index (χ2n) is 8.47. The lowest BCUT2D eigenvalue weighted by atomic mass is 10.0. The number of aliphatic carboxylic acids is 1. The molecule has 2 aromatic carbocycles. The van der Waals surface area contributed by atoms with Gasteiger partial charge in [0.1, 0.15) is 6.04 Å². The van der Waals surface area contributed by atoms with E-state index in [2.05, 4.69) is 36.2 Å². The molecule has 0 saturated carbocycles. The van der Waals surface area contributed by atoms with Crippen molar-refractivity contribution in [1.29, 1.82) is 0 Å². The van der Waals surface area contributed by atoms with Gasteiger partial charge in [0.15, 0.2) is 5.13 Å². The molecule has 174 valence electrons. The summed E-state index contributed by atoms with van der Waals surface area (Å²) >= 11 is 1.68. The van der Waals surface area contributed by atoms with Gasteiger partial charge in [-0.05, 0) is 43.9 Å². The Hall–Kier alpha value is -3.19. The van der Waals surface area contributed by atoms with E-state index >= 15 is 0 Å². The van der Waals surface area contributed by atoms with Gasteiger partial charge >= 0.3 is 5.97 Å². The molecule has 0 fully saturated rings. The number of hydrogen-bond donors (Lipinski definition) is 2. The van der Waals surface area contributed by atoms with E-state index in [1.165, 1.54) is 4.88 Å². The third kappa shape index (κ3) is 6.42. The Morgan fingerprint density at radius 3 is 2.33 bits per heavy atom. The Kier molecular flexibility index (Phi) is 8.22. The van der Waals surface area contributed by atoms with Gasteiger partial charge < -0.3 is 15.3 Å². The smallest absolute Gasteiger partial charge is 0.326 e. The summed E-state index contributed by atoms with van der Waals surface area (Å²) in [4.78, 5) is 32.2. The number of benzene rings is 2. The number of carbonyl (C=O) groups is 2. The zero-order valence-corrected chi connectivity index (χ0v) is 20.4. The van der Waals surface area contributed by atoms with E-state index in [0.29, 0.717) is 18.5 Å². The molecule has 3 aromatic rings. The second kappa shape index (κ2) is 11.1. The number of aromatic nitrogens is 1. The summed E-state index contributed by atoms with van der Waals surface area (Å²) in [6.45, 7) is 9.53. The molecule has 6 nitrogen and oxygen atoms in total. The zero-order chi connectivity index (χ0) is 24.0. The molecule has 1 unspecified atom stereocenters. The fraction of sp³-hybridized carbons (Fsp3) is 0.346. The maximum absolute atomic E-state index is 12.5. The van der Waals surface area contributed by atoms with Crippen molar-refractivity contribution in [3.63, 3.8) is 0 Å². The Morgan fingerprint density at radius 2 is 1.76 bits per heavy atom. The lowest BCUT2D eigenvalue weighted by Crippen LogP contribution is -2.41. The van der Waals surface area contributed by atoms with Gasteiger partial charge in [-0.1, -0.05) is 56.3 Å². The Bertz CT molecular complexity index is 1080. The number of nitrogens with zero attached hydrogens (tertiary/aromatic N) is 2. The molecule has 0 radical (unpaired) electrons. The van der Waals surface area contributed by atoms with Gasteiger partial charge in [0.05, 0.1) is 5.69 Å². The lowest BCUT2D eigenvalue weighted by molar-refractivity contribution is -0.139. The van der Waals surface area contributed by atoms with Crippen molar-refractivity contribution in [1.82, 2.24) is 10.3 Å². The van der Waals surface area contributed by atoms with Crippen molar-refractivity contribution in [3.05, 3.63) is 70.6 Å². The minimum absolute atomic E-state index is 0.172. The molecule has 1 amide bonds. The number of carboxylic acid groups (broad SMARTS) is 1. The Labute approximate surface area is 199 Å². The molecule has 0 aliphatic carbocycles. The van der Waals surface area contributed by atoms with Gasteiger partial charge in [0.2, 0.25) is 0 Å². The summed E-state index contributed by atoms with van der Waals surface area (Å²) in [6, 6.07) is 16.6. The number of carbonyl (C=O) groups excluding carboxylic acids is 1. The third-order valence-electron chi connectivity index (χ3n) is 5.38. The van der Waals surface area contributed by atoms with Crippen LogP contribution in [-0.2, 0) is 11.3 Å². The fourth-order valence-corrected chi connectivity index (χ4v) is 4.61. The number of hydrogen-bond acceptors (Lipinski definition) is 5. The number of rotatable bonds is 10. The van der Waals surface area contributed by atoms with Gasteiger partial charge in [0.25, 0.3) is 5.91 Å². The average molecular weight is 466 g/mol. The maximum atomic E-state index is 12.5. The average Bonchev–Trinajstić information content (AvgIpc) is 3.19. The van der Waals surface area contributed by atoms with Crippen molar-refractivity contribution in [3.8, 4) is 11.3 Å². The van der Waals surface area contributed by atoms with E-state index in [9.17, 15) is 14.7 Å². The minimum atomic E-state index is -1.01. The highest BCUT2D eigenvalue weighted by molar-refractivity contribution is 7.16. The molecule has 1 heterocycles.